The molecule has 1 atom stereocenters. The standard InChI is InChI=1S/C16H28O5Si/c1-5-18-22(19-6-2,20-7-3)21-15(4)17-14-13-16-11-9-8-10-12-16/h8-12,15H,5-7,13-14H2,1-4H3. The van der Waals surface area contributed by atoms with Crippen LogP contribution in [0.25, 0.3) is 0 Å². The fourth-order valence-electron chi connectivity index (χ4n) is 1.98. The number of benzene rings is 1. The van der Waals surface area contributed by atoms with Crippen LogP contribution in [0.3, 0.4) is 0 Å². The van der Waals surface area contributed by atoms with E-state index in [9.17, 15) is 0 Å². The quantitative estimate of drug-likeness (QED) is 0.436. The zero-order valence-electron chi connectivity index (χ0n) is 14.0. The van der Waals surface area contributed by atoms with Crippen molar-refractivity contribution >= 4 is 9.05 Å². The summed E-state index contributed by atoms with van der Waals surface area (Å²) in [5.41, 5.74) is 1.23. The van der Waals surface area contributed by atoms with Crippen molar-refractivity contribution in [2.45, 2.75) is 40.4 Å². The average Bonchev–Trinajstić information content (AvgIpc) is 2.49. The summed E-state index contributed by atoms with van der Waals surface area (Å²) in [6.45, 7) is 9.51. The molecule has 0 spiro atoms. The van der Waals surface area contributed by atoms with Crippen LogP contribution in [0.5, 0.6) is 0 Å². The number of hydrogen-bond acceptors (Lipinski definition) is 5. The van der Waals surface area contributed by atoms with Crippen molar-refractivity contribution in [3.05, 3.63) is 35.9 Å². The van der Waals surface area contributed by atoms with E-state index in [1.165, 1.54) is 5.56 Å². The molecule has 1 rings (SSSR count). The topological polar surface area (TPSA) is 46.2 Å². The molecule has 0 amide bonds. The molecule has 0 radical (unpaired) electrons. The summed E-state index contributed by atoms with van der Waals surface area (Å²) in [5, 5.41) is 0. The van der Waals surface area contributed by atoms with E-state index in [0.29, 0.717) is 26.4 Å². The molecule has 0 aliphatic heterocycles. The van der Waals surface area contributed by atoms with Crippen molar-refractivity contribution in [1.29, 1.82) is 0 Å². The van der Waals surface area contributed by atoms with Gasteiger partial charge in [0, 0.05) is 19.8 Å². The van der Waals surface area contributed by atoms with Crippen molar-refractivity contribution < 1.29 is 22.4 Å². The predicted octanol–water partition coefficient (Wildman–Crippen LogP) is 3.15. The molecule has 22 heavy (non-hydrogen) atoms. The summed E-state index contributed by atoms with van der Waals surface area (Å²) in [6.07, 6.45) is 0.390. The van der Waals surface area contributed by atoms with Gasteiger partial charge in [0.2, 0.25) is 0 Å². The Kier molecular flexibility index (Phi) is 9.54. The molecule has 5 nitrogen and oxygen atoms in total. The summed E-state index contributed by atoms with van der Waals surface area (Å²) >= 11 is 0. The van der Waals surface area contributed by atoms with Gasteiger partial charge in [0.15, 0.2) is 6.29 Å². The predicted molar refractivity (Wildman–Crippen MR) is 87.3 cm³/mol. The van der Waals surface area contributed by atoms with Crippen molar-refractivity contribution in [2.75, 3.05) is 26.4 Å². The highest BCUT2D eigenvalue weighted by molar-refractivity contribution is 6.53. The largest absolute Gasteiger partial charge is 0.681 e. The van der Waals surface area contributed by atoms with Gasteiger partial charge in [0.25, 0.3) is 0 Å². The molecule has 1 aromatic rings. The van der Waals surface area contributed by atoms with Gasteiger partial charge in [-0.2, -0.15) is 0 Å². The van der Waals surface area contributed by atoms with Crippen LogP contribution in [0, 0.1) is 0 Å². The average molecular weight is 328 g/mol. The summed E-state index contributed by atoms with van der Waals surface area (Å²) < 4.78 is 28.5. The molecule has 1 unspecified atom stereocenters. The van der Waals surface area contributed by atoms with Gasteiger partial charge in [-0.05, 0) is 39.7 Å². The van der Waals surface area contributed by atoms with Crippen LogP contribution in [0.1, 0.15) is 33.3 Å². The van der Waals surface area contributed by atoms with E-state index in [2.05, 4.69) is 12.1 Å². The number of hydrogen-bond donors (Lipinski definition) is 0. The van der Waals surface area contributed by atoms with Crippen molar-refractivity contribution in [2.24, 2.45) is 0 Å². The fourth-order valence-corrected chi connectivity index (χ4v) is 3.97. The first-order chi connectivity index (χ1) is 10.7. The SMILES string of the molecule is CCO[Si](OCC)(OCC)OC(C)OCCc1ccccc1. The lowest BCUT2D eigenvalue weighted by molar-refractivity contribution is -0.139. The molecule has 0 fully saturated rings. The Morgan fingerprint density at radius 1 is 0.909 bits per heavy atom. The lowest BCUT2D eigenvalue weighted by Gasteiger charge is -2.29. The van der Waals surface area contributed by atoms with E-state index >= 15 is 0 Å². The smallest absolute Gasteiger partial charge is 0.353 e. The monoisotopic (exact) mass is 328 g/mol. The molecule has 0 aliphatic rings. The fraction of sp³-hybridized carbons (Fsp3) is 0.625. The second-order valence-electron chi connectivity index (χ2n) is 4.59. The van der Waals surface area contributed by atoms with Gasteiger partial charge in [-0.15, -0.1) is 0 Å². The Balaban J connectivity index is 2.46. The first-order valence-electron chi connectivity index (χ1n) is 7.91. The second-order valence-corrected chi connectivity index (χ2v) is 6.69. The number of ether oxygens (including phenoxy) is 1. The Hall–Kier alpha value is -0.763. The maximum Gasteiger partial charge on any atom is 0.681 e. The molecular formula is C16H28O5Si. The third kappa shape index (κ3) is 7.00. The second kappa shape index (κ2) is 10.9. The van der Waals surface area contributed by atoms with Crippen LogP contribution in [0.4, 0.5) is 0 Å². The maximum absolute atomic E-state index is 5.85. The molecule has 6 heteroatoms. The van der Waals surface area contributed by atoms with Crippen molar-refractivity contribution in [3.63, 3.8) is 0 Å². The maximum atomic E-state index is 5.85. The van der Waals surface area contributed by atoms with Crippen molar-refractivity contribution in [1.82, 2.24) is 0 Å². The van der Waals surface area contributed by atoms with Gasteiger partial charge >= 0.3 is 9.05 Å². The minimum atomic E-state index is -3.11. The van der Waals surface area contributed by atoms with Gasteiger partial charge in [0.1, 0.15) is 0 Å². The first-order valence-corrected chi connectivity index (χ1v) is 9.54. The van der Waals surface area contributed by atoms with Crippen LogP contribution in [0.15, 0.2) is 30.3 Å². The molecule has 0 aromatic heterocycles. The van der Waals surface area contributed by atoms with Gasteiger partial charge in [0.05, 0.1) is 6.61 Å². The van der Waals surface area contributed by atoms with E-state index < -0.39 is 15.3 Å². The van der Waals surface area contributed by atoms with Gasteiger partial charge in [-0.1, -0.05) is 30.3 Å². The Bertz CT molecular complexity index is 370. The zero-order chi connectivity index (χ0) is 16.3. The molecular weight excluding hydrogens is 300 g/mol. The molecule has 0 aliphatic carbocycles. The number of rotatable bonds is 12. The third-order valence-corrected chi connectivity index (χ3v) is 5.41. The Labute approximate surface area is 135 Å². The lowest BCUT2D eigenvalue weighted by Crippen LogP contribution is -2.51. The zero-order valence-corrected chi connectivity index (χ0v) is 15.0. The van der Waals surface area contributed by atoms with E-state index in [1.807, 2.05) is 45.9 Å². The van der Waals surface area contributed by atoms with Crippen LogP contribution < -0.4 is 0 Å². The molecule has 0 saturated carbocycles. The van der Waals surface area contributed by atoms with Gasteiger partial charge in [-0.25, -0.2) is 0 Å². The van der Waals surface area contributed by atoms with Crippen LogP contribution in [-0.4, -0.2) is 41.8 Å². The van der Waals surface area contributed by atoms with E-state index in [0.717, 1.165) is 6.42 Å². The summed E-state index contributed by atoms with van der Waals surface area (Å²) in [5.74, 6) is 0. The molecule has 0 saturated heterocycles. The van der Waals surface area contributed by atoms with Gasteiger partial charge in [-0.3, -0.25) is 0 Å². The summed E-state index contributed by atoms with van der Waals surface area (Å²) in [7, 11) is -3.11. The van der Waals surface area contributed by atoms with E-state index in [1.54, 1.807) is 0 Å². The highest BCUT2D eigenvalue weighted by Crippen LogP contribution is 2.15. The van der Waals surface area contributed by atoms with Crippen LogP contribution in [-0.2, 0) is 28.9 Å². The Morgan fingerprint density at radius 2 is 1.45 bits per heavy atom. The highest BCUT2D eigenvalue weighted by Gasteiger charge is 2.46. The lowest BCUT2D eigenvalue weighted by atomic mass is 10.2. The molecule has 126 valence electrons. The first kappa shape index (κ1) is 19.3. The van der Waals surface area contributed by atoms with E-state index in [-0.39, 0.29) is 0 Å². The minimum Gasteiger partial charge on any atom is -0.353 e. The van der Waals surface area contributed by atoms with Crippen molar-refractivity contribution in [3.8, 4) is 0 Å². The minimum absolute atomic E-state index is 0.444. The molecule has 0 N–H and O–H groups in total. The molecule has 0 heterocycles. The van der Waals surface area contributed by atoms with Gasteiger partial charge < -0.3 is 22.4 Å². The normalized spacial score (nSPS) is 13.3. The summed E-state index contributed by atoms with van der Waals surface area (Å²) in [4.78, 5) is 0. The summed E-state index contributed by atoms with van der Waals surface area (Å²) in [6, 6.07) is 10.2. The third-order valence-electron chi connectivity index (χ3n) is 2.86. The van der Waals surface area contributed by atoms with Crippen LogP contribution in [0.2, 0.25) is 0 Å². The Morgan fingerprint density at radius 3 is 1.95 bits per heavy atom. The van der Waals surface area contributed by atoms with E-state index in [4.69, 9.17) is 22.4 Å². The van der Waals surface area contributed by atoms with Crippen LogP contribution >= 0.6 is 0 Å². The molecule has 0 bridgehead atoms. The molecule has 1 aromatic carbocycles. The highest BCUT2D eigenvalue weighted by atomic mass is 28.4.